The minimum atomic E-state index is -4.53. The largest absolute Gasteiger partial charge is 0.452 e. The molecule has 8 heteroatoms. The van der Waals surface area contributed by atoms with Gasteiger partial charge in [-0.25, -0.2) is 4.98 Å². The first-order valence-electron chi connectivity index (χ1n) is 4.54. The first-order chi connectivity index (χ1) is 8.04. The van der Waals surface area contributed by atoms with Gasteiger partial charge in [0.2, 0.25) is 5.82 Å². The molecule has 0 aliphatic carbocycles. The van der Waals surface area contributed by atoms with E-state index in [1.807, 2.05) is 0 Å². The van der Waals surface area contributed by atoms with Crippen molar-refractivity contribution in [1.82, 2.24) is 19.6 Å². The smallest absolute Gasteiger partial charge is 0.275 e. The molecule has 0 radical (unpaired) electrons. The van der Waals surface area contributed by atoms with Gasteiger partial charge in [0.05, 0.1) is 0 Å². The summed E-state index contributed by atoms with van der Waals surface area (Å²) in [6, 6.07) is 0. The van der Waals surface area contributed by atoms with Gasteiger partial charge in [0.15, 0.2) is 5.65 Å². The van der Waals surface area contributed by atoms with Crippen molar-refractivity contribution in [2.75, 3.05) is 5.75 Å². The summed E-state index contributed by atoms with van der Waals surface area (Å²) in [6.07, 6.45) is -0.412. The zero-order valence-electron chi connectivity index (χ0n) is 8.48. The Morgan fingerprint density at radius 1 is 1.41 bits per heavy atom. The van der Waals surface area contributed by atoms with E-state index in [2.05, 4.69) is 21.8 Å². The van der Waals surface area contributed by atoms with Gasteiger partial charge in [0.25, 0.3) is 0 Å². The Labute approximate surface area is 98.6 Å². The number of thioether (sulfide) groups is 1. The van der Waals surface area contributed by atoms with Crippen molar-refractivity contribution in [2.45, 2.75) is 11.2 Å². The van der Waals surface area contributed by atoms with E-state index in [0.717, 1.165) is 4.40 Å². The van der Waals surface area contributed by atoms with Crippen molar-refractivity contribution in [3.05, 3.63) is 30.9 Å². The molecule has 90 valence electrons. The van der Waals surface area contributed by atoms with Crippen LogP contribution < -0.4 is 0 Å². The standard InChI is InChI=1S/C9H7F3N4S/c1-2-5-17-7-6-14-15-8(9(10,11)12)16(6)4-3-13-7/h2-4H,1,5H2. The third-order valence-electron chi connectivity index (χ3n) is 1.89. The maximum absolute atomic E-state index is 12.6. The van der Waals surface area contributed by atoms with E-state index in [0.29, 0.717) is 10.8 Å². The van der Waals surface area contributed by atoms with E-state index in [9.17, 15) is 13.2 Å². The predicted molar refractivity (Wildman–Crippen MR) is 56.7 cm³/mol. The number of hydrogen-bond acceptors (Lipinski definition) is 4. The second kappa shape index (κ2) is 4.36. The Hall–Kier alpha value is -1.57. The minimum absolute atomic E-state index is 0.103. The average molecular weight is 260 g/mol. The van der Waals surface area contributed by atoms with Crippen LogP contribution >= 0.6 is 11.8 Å². The Morgan fingerprint density at radius 2 is 2.18 bits per heavy atom. The highest BCUT2D eigenvalue weighted by atomic mass is 32.2. The molecule has 0 aliphatic heterocycles. The van der Waals surface area contributed by atoms with E-state index in [1.54, 1.807) is 6.08 Å². The number of rotatable bonds is 3. The second-order valence-electron chi connectivity index (χ2n) is 3.05. The fourth-order valence-electron chi connectivity index (χ4n) is 1.24. The molecule has 0 aliphatic rings. The van der Waals surface area contributed by atoms with Crippen LogP contribution in [0.25, 0.3) is 5.65 Å². The molecular formula is C9H7F3N4S. The second-order valence-corrected chi connectivity index (χ2v) is 4.06. The third kappa shape index (κ3) is 2.26. The normalized spacial score (nSPS) is 11.9. The van der Waals surface area contributed by atoms with Gasteiger partial charge >= 0.3 is 6.18 Å². The lowest BCUT2D eigenvalue weighted by Gasteiger charge is -2.04. The number of hydrogen-bond donors (Lipinski definition) is 0. The quantitative estimate of drug-likeness (QED) is 0.628. The lowest BCUT2D eigenvalue weighted by molar-refractivity contribution is -0.145. The zero-order chi connectivity index (χ0) is 12.5. The molecule has 17 heavy (non-hydrogen) atoms. The Morgan fingerprint density at radius 3 is 2.82 bits per heavy atom. The molecular weight excluding hydrogens is 253 g/mol. The fraction of sp³-hybridized carbons (Fsp3) is 0.222. The summed E-state index contributed by atoms with van der Waals surface area (Å²) in [4.78, 5) is 3.96. The molecule has 0 saturated heterocycles. The first kappa shape index (κ1) is 11.9. The fourth-order valence-corrected chi connectivity index (χ4v) is 1.92. The van der Waals surface area contributed by atoms with Crippen LogP contribution in [0.3, 0.4) is 0 Å². The highest BCUT2D eigenvalue weighted by Crippen LogP contribution is 2.29. The van der Waals surface area contributed by atoms with Gasteiger partial charge < -0.3 is 0 Å². The summed E-state index contributed by atoms with van der Waals surface area (Å²) >= 11 is 1.25. The van der Waals surface area contributed by atoms with Gasteiger partial charge in [0, 0.05) is 18.1 Å². The van der Waals surface area contributed by atoms with Crippen LogP contribution in [-0.2, 0) is 6.18 Å². The van der Waals surface area contributed by atoms with Crippen molar-refractivity contribution in [3.63, 3.8) is 0 Å². The van der Waals surface area contributed by atoms with E-state index >= 15 is 0 Å². The molecule has 0 saturated carbocycles. The van der Waals surface area contributed by atoms with Crippen LogP contribution in [0.15, 0.2) is 30.1 Å². The molecule has 0 fully saturated rings. The van der Waals surface area contributed by atoms with E-state index in [1.165, 1.54) is 24.2 Å². The summed E-state index contributed by atoms with van der Waals surface area (Å²) in [7, 11) is 0. The predicted octanol–water partition coefficient (Wildman–Crippen LogP) is 2.42. The number of aromatic nitrogens is 4. The van der Waals surface area contributed by atoms with E-state index in [-0.39, 0.29) is 5.65 Å². The summed E-state index contributed by atoms with van der Waals surface area (Å²) in [5, 5.41) is 7.06. The Bertz CT molecular complexity index is 549. The molecule has 0 aromatic carbocycles. The van der Waals surface area contributed by atoms with Crippen molar-refractivity contribution >= 4 is 17.4 Å². The molecule has 0 unspecified atom stereocenters. The van der Waals surface area contributed by atoms with E-state index in [4.69, 9.17) is 0 Å². The maximum atomic E-state index is 12.6. The topological polar surface area (TPSA) is 43.1 Å². The van der Waals surface area contributed by atoms with Crippen LogP contribution in [0, 0.1) is 0 Å². The summed E-state index contributed by atoms with van der Waals surface area (Å²) < 4.78 is 38.6. The van der Waals surface area contributed by atoms with Gasteiger partial charge in [-0.1, -0.05) is 17.8 Å². The Balaban J connectivity index is 2.53. The number of alkyl halides is 3. The number of nitrogens with zero attached hydrogens (tertiary/aromatic N) is 4. The third-order valence-corrected chi connectivity index (χ3v) is 2.85. The molecule has 2 aromatic rings. The van der Waals surface area contributed by atoms with Crippen molar-refractivity contribution < 1.29 is 13.2 Å². The minimum Gasteiger partial charge on any atom is -0.275 e. The monoisotopic (exact) mass is 260 g/mol. The molecule has 0 amide bonds. The van der Waals surface area contributed by atoms with Gasteiger partial charge in [-0.2, -0.15) is 13.2 Å². The highest BCUT2D eigenvalue weighted by molar-refractivity contribution is 7.99. The number of fused-ring (bicyclic) bond motifs is 1. The van der Waals surface area contributed by atoms with Crippen molar-refractivity contribution in [3.8, 4) is 0 Å². The molecule has 2 aromatic heterocycles. The van der Waals surface area contributed by atoms with Crippen molar-refractivity contribution in [1.29, 1.82) is 0 Å². The van der Waals surface area contributed by atoms with Crippen LogP contribution in [0.1, 0.15) is 5.82 Å². The molecule has 0 N–H and O–H groups in total. The number of halogens is 3. The van der Waals surface area contributed by atoms with Crippen LogP contribution in [0.5, 0.6) is 0 Å². The maximum Gasteiger partial charge on any atom is 0.452 e. The van der Waals surface area contributed by atoms with Crippen LogP contribution in [0.4, 0.5) is 13.2 Å². The molecule has 0 bridgehead atoms. The lowest BCUT2D eigenvalue weighted by atomic mass is 10.5. The van der Waals surface area contributed by atoms with Gasteiger partial charge in [-0.05, 0) is 0 Å². The molecule has 0 atom stereocenters. The molecule has 4 nitrogen and oxygen atoms in total. The highest BCUT2D eigenvalue weighted by Gasteiger charge is 2.37. The van der Waals surface area contributed by atoms with Crippen LogP contribution in [0.2, 0.25) is 0 Å². The Kier molecular flexibility index (Phi) is 3.05. The average Bonchev–Trinajstić information content (AvgIpc) is 2.69. The lowest BCUT2D eigenvalue weighted by Crippen LogP contribution is -2.10. The van der Waals surface area contributed by atoms with Crippen LogP contribution in [-0.4, -0.2) is 25.3 Å². The van der Waals surface area contributed by atoms with Gasteiger partial charge in [-0.15, -0.1) is 16.8 Å². The zero-order valence-corrected chi connectivity index (χ0v) is 9.29. The van der Waals surface area contributed by atoms with E-state index < -0.39 is 12.0 Å². The summed E-state index contributed by atoms with van der Waals surface area (Å²) in [5.41, 5.74) is 0.103. The van der Waals surface area contributed by atoms with Gasteiger partial charge in [-0.3, -0.25) is 4.40 Å². The summed E-state index contributed by atoms with van der Waals surface area (Å²) in [6.45, 7) is 3.53. The molecule has 2 rings (SSSR count). The summed E-state index contributed by atoms with van der Waals surface area (Å²) in [5.74, 6) is -0.503. The van der Waals surface area contributed by atoms with Crippen molar-refractivity contribution in [2.24, 2.45) is 0 Å². The molecule has 0 spiro atoms. The first-order valence-corrected chi connectivity index (χ1v) is 5.53. The van der Waals surface area contributed by atoms with Gasteiger partial charge in [0.1, 0.15) is 5.03 Å². The SMILES string of the molecule is C=CCSc1nccn2c(C(F)(F)F)nnc12. The molecule has 2 heterocycles.